The zero-order chi connectivity index (χ0) is 12.7. The molecular weight excluding hydrogens is 230 g/mol. The van der Waals surface area contributed by atoms with Crippen LogP contribution in [0.5, 0.6) is 0 Å². The Labute approximate surface area is 102 Å². The Morgan fingerprint density at radius 2 is 1.88 bits per heavy atom. The summed E-state index contributed by atoms with van der Waals surface area (Å²) in [6.07, 6.45) is 0. The number of rotatable bonds is 6. The molecule has 0 aliphatic heterocycles. The summed E-state index contributed by atoms with van der Waals surface area (Å²) in [6, 6.07) is -0.0393. The van der Waals surface area contributed by atoms with Crippen LogP contribution in [0.2, 0.25) is 0 Å². The first-order valence-corrected chi connectivity index (χ1v) is 5.99. The summed E-state index contributed by atoms with van der Waals surface area (Å²) in [5.41, 5.74) is 0. The number of carbonyl (C=O) groups excluding carboxylic acids is 2. The predicted molar refractivity (Wildman–Crippen MR) is 63.4 cm³/mol. The van der Waals surface area contributed by atoms with Crippen molar-refractivity contribution in [1.82, 2.24) is 4.90 Å². The molecule has 0 aromatic carbocycles. The Morgan fingerprint density at radius 3 is 2.25 bits per heavy atom. The maximum Gasteiger partial charge on any atom is 0.325 e. The maximum atomic E-state index is 11.9. The molecule has 0 saturated carbocycles. The fourth-order valence-corrected chi connectivity index (χ4v) is 1.34. The van der Waals surface area contributed by atoms with Gasteiger partial charge in [0, 0.05) is 17.8 Å². The summed E-state index contributed by atoms with van der Waals surface area (Å²) in [7, 11) is 0. The van der Waals surface area contributed by atoms with E-state index < -0.39 is 0 Å². The van der Waals surface area contributed by atoms with Gasteiger partial charge in [-0.15, -0.1) is 11.6 Å². The van der Waals surface area contributed by atoms with E-state index in [1.165, 1.54) is 4.90 Å². The Balaban J connectivity index is 4.50. The van der Waals surface area contributed by atoms with Gasteiger partial charge in [0.05, 0.1) is 6.61 Å². The summed E-state index contributed by atoms with van der Waals surface area (Å²) in [5.74, 6) is -0.520. The van der Waals surface area contributed by atoms with Crippen molar-refractivity contribution in [2.45, 2.75) is 33.7 Å². The monoisotopic (exact) mass is 249 g/mol. The van der Waals surface area contributed by atoms with E-state index in [1.54, 1.807) is 13.8 Å². The van der Waals surface area contributed by atoms with Gasteiger partial charge in [0.25, 0.3) is 0 Å². The van der Waals surface area contributed by atoms with Crippen LogP contribution in [0.4, 0.5) is 0 Å². The van der Waals surface area contributed by atoms with Crippen molar-refractivity contribution >= 4 is 23.5 Å². The van der Waals surface area contributed by atoms with Gasteiger partial charge in [-0.2, -0.15) is 0 Å². The van der Waals surface area contributed by atoms with E-state index >= 15 is 0 Å². The molecule has 0 aliphatic rings. The molecule has 1 atom stereocenters. The van der Waals surface area contributed by atoms with E-state index in [-0.39, 0.29) is 36.3 Å². The van der Waals surface area contributed by atoms with Gasteiger partial charge >= 0.3 is 5.97 Å². The third kappa shape index (κ3) is 4.84. The van der Waals surface area contributed by atoms with Gasteiger partial charge in [-0.1, -0.05) is 6.92 Å². The average molecular weight is 250 g/mol. The highest BCUT2D eigenvalue weighted by atomic mass is 35.5. The van der Waals surface area contributed by atoms with Crippen molar-refractivity contribution in [3.8, 4) is 0 Å². The topological polar surface area (TPSA) is 46.6 Å². The van der Waals surface area contributed by atoms with E-state index in [0.29, 0.717) is 6.61 Å². The standard InChI is InChI=1S/C11H20ClNO3/c1-5-16-10(14)7-13(8(2)3)11(15)9(4)6-12/h8-9H,5-7H2,1-4H3. The molecule has 5 heteroatoms. The number of nitrogens with zero attached hydrogens (tertiary/aromatic N) is 1. The minimum atomic E-state index is -0.383. The van der Waals surface area contributed by atoms with Crippen LogP contribution in [0.25, 0.3) is 0 Å². The lowest BCUT2D eigenvalue weighted by Gasteiger charge is -2.27. The lowest BCUT2D eigenvalue weighted by atomic mass is 10.1. The van der Waals surface area contributed by atoms with Crippen LogP contribution in [-0.4, -0.2) is 41.8 Å². The molecule has 0 bridgehead atoms. The van der Waals surface area contributed by atoms with Gasteiger partial charge in [0.2, 0.25) is 5.91 Å². The zero-order valence-electron chi connectivity index (χ0n) is 10.3. The molecule has 0 saturated heterocycles. The molecule has 0 N–H and O–H groups in total. The molecular formula is C11H20ClNO3. The number of hydrogen-bond donors (Lipinski definition) is 0. The predicted octanol–water partition coefficient (Wildman–Crippen LogP) is 1.66. The van der Waals surface area contributed by atoms with Crippen LogP contribution in [0.3, 0.4) is 0 Å². The minimum Gasteiger partial charge on any atom is -0.465 e. The van der Waals surface area contributed by atoms with Crippen LogP contribution < -0.4 is 0 Å². The van der Waals surface area contributed by atoms with Crippen molar-refractivity contribution in [3.05, 3.63) is 0 Å². The van der Waals surface area contributed by atoms with Crippen LogP contribution in [0, 0.1) is 5.92 Å². The van der Waals surface area contributed by atoms with Crippen LogP contribution in [-0.2, 0) is 14.3 Å². The molecule has 0 aromatic rings. The highest BCUT2D eigenvalue weighted by Gasteiger charge is 2.24. The second-order valence-electron chi connectivity index (χ2n) is 3.92. The zero-order valence-corrected chi connectivity index (χ0v) is 11.1. The molecule has 1 amide bonds. The second kappa shape index (κ2) is 7.49. The third-order valence-electron chi connectivity index (χ3n) is 2.16. The molecule has 0 radical (unpaired) electrons. The fourth-order valence-electron chi connectivity index (χ4n) is 1.21. The summed E-state index contributed by atoms with van der Waals surface area (Å²) >= 11 is 5.63. The molecule has 0 rings (SSSR count). The number of esters is 1. The minimum absolute atomic E-state index is 0.00836. The SMILES string of the molecule is CCOC(=O)CN(C(=O)C(C)CCl)C(C)C. The molecule has 1 unspecified atom stereocenters. The van der Waals surface area contributed by atoms with Crippen LogP contribution in [0.1, 0.15) is 27.7 Å². The average Bonchev–Trinajstić information content (AvgIpc) is 2.23. The molecule has 0 heterocycles. The Bertz CT molecular complexity index is 243. The van der Waals surface area contributed by atoms with Crippen molar-refractivity contribution < 1.29 is 14.3 Å². The lowest BCUT2D eigenvalue weighted by Crippen LogP contribution is -2.44. The first-order valence-electron chi connectivity index (χ1n) is 5.46. The molecule has 94 valence electrons. The van der Waals surface area contributed by atoms with Gasteiger partial charge in [0.15, 0.2) is 0 Å². The molecule has 0 spiro atoms. The van der Waals surface area contributed by atoms with E-state index in [0.717, 1.165) is 0 Å². The quantitative estimate of drug-likeness (QED) is 0.531. The van der Waals surface area contributed by atoms with Gasteiger partial charge in [-0.3, -0.25) is 9.59 Å². The molecule has 0 aliphatic carbocycles. The van der Waals surface area contributed by atoms with Crippen molar-refractivity contribution in [1.29, 1.82) is 0 Å². The van der Waals surface area contributed by atoms with E-state index in [1.807, 2.05) is 13.8 Å². The smallest absolute Gasteiger partial charge is 0.325 e. The van der Waals surface area contributed by atoms with Crippen molar-refractivity contribution in [2.24, 2.45) is 5.92 Å². The number of halogens is 1. The van der Waals surface area contributed by atoms with E-state index in [9.17, 15) is 9.59 Å². The first-order chi connectivity index (χ1) is 7.43. The number of ether oxygens (including phenoxy) is 1. The normalized spacial score (nSPS) is 12.4. The highest BCUT2D eigenvalue weighted by molar-refractivity contribution is 6.19. The van der Waals surface area contributed by atoms with Gasteiger partial charge in [-0.25, -0.2) is 0 Å². The molecule has 4 nitrogen and oxygen atoms in total. The number of alkyl halides is 1. The number of hydrogen-bond acceptors (Lipinski definition) is 3. The third-order valence-corrected chi connectivity index (χ3v) is 2.63. The Hall–Kier alpha value is -0.770. The first kappa shape index (κ1) is 15.2. The van der Waals surface area contributed by atoms with Crippen molar-refractivity contribution in [3.63, 3.8) is 0 Å². The Morgan fingerprint density at radius 1 is 1.31 bits per heavy atom. The second-order valence-corrected chi connectivity index (χ2v) is 4.23. The summed E-state index contributed by atoms with van der Waals surface area (Å²) in [4.78, 5) is 24.7. The van der Waals surface area contributed by atoms with Crippen LogP contribution in [0.15, 0.2) is 0 Å². The van der Waals surface area contributed by atoms with Gasteiger partial charge in [0.1, 0.15) is 6.54 Å². The molecule has 16 heavy (non-hydrogen) atoms. The summed E-state index contributed by atoms with van der Waals surface area (Å²) in [6.45, 7) is 7.52. The maximum absolute atomic E-state index is 11.9. The molecule has 0 aromatic heterocycles. The number of carbonyl (C=O) groups is 2. The molecule has 0 fully saturated rings. The van der Waals surface area contributed by atoms with E-state index in [4.69, 9.17) is 16.3 Å². The van der Waals surface area contributed by atoms with Crippen LogP contribution >= 0.6 is 11.6 Å². The van der Waals surface area contributed by atoms with Gasteiger partial charge in [-0.05, 0) is 20.8 Å². The largest absolute Gasteiger partial charge is 0.465 e. The van der Waals surface area contributed by atoms with E-state index in [2.05, 4.69) is 0 Å². The lowest BCUT2D eigenvalue weighted by molar-refractivity contribution is -0.151. The van der Waals surface area contributed by atoms with Gasteiger partial charge < -0.3 is 9.64 Å². The summed E-state index contributed by atoms with van der Waals surface area (Å²) in [5, 5.41) is 0. The highest BCUT2D eigenvalue weighted by Crippen LogP contribution is 2.08. The number of amides is 1. The fraction of sp³-hybridized carbons (Fsp3) is 0.818. The summed E-state index contributed by atoms with van der Waals surface area (Å²) < 4.78 is 4.82. The Kier molecular flexibility index (Phi) is 7.13. The van der Waals surface area contributed by atoms with Crippen molar-refractivity contribution in [2.75, 3.05) is 19.0 Å².